The summed E-state index contributed by atoms with van der Waals surface area (Å²) in [4.78, 5) is 0. The number of benzene rings is 2. The van der Waals surface area contributed by atoms with E-state index in [0.29, 0.717) is 33.9 Å². The predicted molar refractivity (Wildman–Crippen MR) is 79.6 cm³/mol. The molecule has 2 rings (SSSR count). The fourth-order valence-corrected chi connectivity index (χ4v) is 2.15. The molecule has 2 aromatic carbocycles. The minimum Gasteiger partial charge on any atom is -0.504 e. The minimum atomic E-state index is -0.234. The van der Waals surface area contributed by atoms with Gasteiger partial charge in [-0.15, -0.1) is 0 Å². The van der Waals surface area contributed by atoms with Crippen LogP contribution in [0.25, 0.3) is 11.1 Å². The summed E-state index contributed by atoms with van der Waals surface area (Å²) in [5.74, 6) is 1.20. The van der Waals surface area contributed by atoms with Crippen molar-refractivity contribution in [2.24, 2.45) is 0 Å². The number of methoxy groups -OCH3 is 3. The second-order valence-corrected chi connectivity index (χ2v) is 4.57. The number of phenolic OH excluding ortho intramolecular Hbond substituents is 2. The van der Waals surface area contributed by atoms with Crippen molar-refractivity contribution in [2.75, 3.05) is 21.3 Å². The fraction of sp³-hybridized carbons (Fsp3) is 0.250. The van der Waals surface area contributed by atoms with E-state index < -0.39 is 0 Å². The van der Waals surface area contributed by atoms with Crippen LogP contribution in [0.4, 0.5) is 0 Å². The molecule has 2 N–H and O–H groups in total. The molecule has 0 aliphatic carbocycles. The van der Waals surface area contributed by atoms with Crippen molar-refractivity contribution in [1.29, 1.82) is 0 Å². The quantitative estimate of drug-likeness (QED) is 0.847. The molecular formula is C16H18O5. The Balaban J connectivity index is 2.74. The molecule has 0 atom stereocenters. The summed E-state index contributed by atoms with van der Waals surface area (Å²) < 4.78 is 15.8. The monoisotopic (exact) mass is 290 g/mol. The van der Waals surface area contributed by atoms with Gasteiger partial charge in [-0.25, -0.2) is 0 Å². The molecular weight excluding hydrogens is 272 g/mol. The van der Waals surface area contributed by atoms with Crippen molar-refractivity contribution >= 4 is 0 Å². The van der Waals surface area contributed by atoms with E-state index in [1.54, 1.807) is 45.4 Å². The Labute approximate surface area is 123 Å². The Morgan fingerprint density at radius 1 is 0.762 bits per heavy atom. The highest BCUT2D eigenvalue weighted by molar-refractivity contribution is 5.81. The Morgan fingerprint density at radius 2 is 1.33 bits per heavy atom. The van der Waals surface area contributed by atoms with E-state index in [1.165, 1.54) is 7.11 Å². The van der Waals surface area contributed by atoms with Gasteiger partial charge >= 0.3 is 0 Å². The molecule has 0 spiro atoms. The van der Waals surface area contributed by atoms with Gasteiger partial charge in [0, 0.05) is 6.07 Å². The van der Waals surface area contributed by atoms with Crippen LogP contribution < -0.4 is 14.2 Å². The summed E-state index contributed by atoms with van der Waals surface area (Å²) in [6.45, 7) is 1.69. The summed E-state index contributed by atoms with van der Waals surface area (Å²) in [5.41, 5.74) is 1.54. The summed E-state index contributed by atoms with van der Waals surface area (Å²) in [7, 11) is 4.59. The van der Waals surface area contributed by atoms with Gasteiger partial charge in [-0.1, -0.05) is 0 Å². The highest BCUT2D eigenvalue weighted by Crippen LogP contribution is 2.46. The molecule has 0 saturated heterocycles. The number of hydrogen-bond donors (Lipinski definition) is 2. The lowest BCUT2D eigenvalue weighted by Crippen LogP contribution is -1.93. The second kappa shape index (κ2) is 5.83. The lowest BCUT2D eigenvalue weighted by molar-refractivity contribution is 0.385. The SMILES string of the molecule is COc1cc(OC)cc(-c2c(OC)cc(C)c(O)c2O)c1. The zero-order valence-electron chi connectivity index (χ0n) is 12.4. The third-order valence-corrected chi connectivity index (χ3v) is 3.29. The summed E-state index contributed by atoms with van der Waals surface area (Å²) in [5, 5.41) is 20.2. The molecule has 0 fully saturated rings. The molecule has 5 heteroatoms. The van der Waals surface area contributed by atoms with Crippen LogP contribution in [0.15, 0.2) is 24.3 Å². The number of phenols is 2. The summed E-state index contributed by atoms with van der Waals surface area (Å²) >= 11 is 0. The molecule has 5 nitrogen and oxygen atoms in total. The van der Waals surface area contributed by atoms with Gasteiger partial charge in [-0.3, -0.25) is 0 Å². The smallest absolute Gasteiger partial charge is 0.169 e. The zero-order chi connectivity index (χ0) is 15.6. The Kier molecular flexibility index (Phi) is 4.12. The van der Waals surface area contributed by atoms with Crippen LogP contribution in [-0.2, 0) is 0 Å². The van der Waals surface area contributed by atoms with E-state index in [4.69, 9.17) is 14.2 Å². The molecule has 0 bridgehead atoms. The Hall–Kier alpha value is -2.56. The summed E-state index contributed by atoms with van der Waals surface area (Å²) in [6, 6.07) is 6.85. The van der Waals surface area contributed by atoms with Crippen LogP contribution in [-0.4, -0.2) is 31.5 Å². The number of aryl methyl sites for hydroxylation is 1. The predicted octanol–water partition coefficient (Wildman–Crippen LogP) is 3.10. The third kappa shape index (κ3) is 2.67. The van der Waals surface area contributed by atoms with Gasteiger partial charge in [0.15, 0.2) is 11.5 Å². The highest BCUT2D eigenvalue weighted by atomic mass is 16.5. The first-order chi connectivity index (χ1) is 10.0. The van der Waals surface area contributed by atoms with Crippen molar-refractivity contribution in [3.05, 3.63) is 29.8 Å². The van der Waals surface area contributed by atoms with Gasteiger partial charge in [-0.05, 0) is 36.2 Å². The van der Waals surface area contributed by atoms with Crippen LogP contribution in [0.5, 0.6) is 28.7 Å². The maximum atomic E-state index is 10.3. The first-order valence-corrected chi connectivity index (χ1v) is 6.34. The van der Waals surface area contributed by atoms with Crippen molar-refractivity contribution in [3.63, 3.8) is 0 Å². The topological polar surface area (TPSA) is 68.2 Å². The van der Waals surface area contributed by atoms with Crippen molar-refractivity contribution in [1.82, 2.24) is 0 Å². The van der Waals surface area contributed by atoms with Crippen LogP contribution in [0.1, 0.15) is 5.56 Å². The molecule has 0 aliphatic heterocycles. The van der Waals surface area contributed by atoms with E-state index in [-0.39, 0.29) is 11.5 Å². The molecule has 112 valence electrons. The van der Waals surface area contributed by atoms with E-state index >= 15 is 0 Å². The van der Waals surface area contributed by atoms with E-state index in [9.17, 15) is 10.2 Å². The normalized spacial score (nSPS) is 10.3. The van der Waals surface area contributed by atoms with Gasteiger partial charge in [-0.2, -0.15) is 0 Å². The van der Waals surface area contributed by atoms with Crippen LogP contribution in [0, 0.1) is 6.92 Å². The number of aromatic hydroxyl groups is 2. The maximum absolute atomic E-state index is 10.3. The molecule has 0 unspecified atom stereocenters. The Morgan fingerprint density at radius 3 is 1.81 bits per heavy atom. The van der Waals surface area contributed by atoms with Crippen molar-refractivity contribution in [2.45, 2.75) is 6.92 Å². The van der Waals surface area contributed by atoms with E-state index in [1.807, 2.05) is 0 Å². The van der Waals surface area contributed by atoms with E-state index in [0.717, 1.165) is 0 Å². The number of hydrogen-bond acceptors (Lipinski definition) is 5. The van der Waals surface area contributed by atoms with Crippen LogP contribution >= 0.6 is 0 Å². The van der Waals surface area contributed by atoms with Crippen LogP contribution in [0.3, 0.4) is 0 Å². The van der Waals surface area contributed by atoms with Gasteiger partial charge < -0.3 is 24.4 Å². The minimum absolute atomic E-state index is 0.174. The molecule has 0 heterocycles. The average molecular weight is 290 g/mol. The third-order valence-electron chi connectivity index (χ3n) is 3.29. The molecule has 0 saturated carbocycles. The molecule has 0 aromatic heterocycles. The van der Waals surface area contributed by atoms with Gasteiger partial charge in [0.1, 0.15) is 17.2 Å². The molecule has 21 heavy (non-hydrogen) atoms. The molecule has 2 aromatic rings. The maximum Gasteiger partial charge on any atom is 0.169 e. The fourth-order valence-electron chi connectivity index (χ4n) is 2.15. The van der Waals surface area contributed by atoms with Crippen molar-refractivity contribution in [3.8, 4) is 39.9 Å². The zero-order valence-corrected chi connectivity index (χ0v) is 12.4. The van der Waals surface area contributed by atoms with Gasteiger partial charge in [0.25, 0.3) is 0 Å². The first kappa shape index (κ1) is 14.8. The van der Waals surface area contributed by atoms with E-state index in [2.05, 4.69) is 0 Å². The Bertz CT molecular complexity index is 642. The molecule has 0 radical (unpaired) electrons. The second-order valence-electron chi connectivity index (χ2n) is 4.57. The standard InChI is InChI=1S/C16H18O5/c1-9-5-13(21-4)14(16(18)15(9)17)10-6-11(19-2)8-12(7-10)20-3/h5-8,17-18H,1-4H3. The lowest BCUT2D eigenvalue weighted by Gasteiger charge is -2.15. The highest BCUT2D eigenvalue weighted by Gasteiger charge is 2.19. The number of rotatable bonds is 4. The molecule has 0 amide bonds. The van der Waals surface area contributed by atoms with Crippen LogP contribution in [0.2, 0.25) is 0 Å². The van der Waals surface area contributed by atoms with Gasteiger partial charge in [0.2, 0.25) is 0 Å². The largest absolute Gasteiger partial charge is 0.504 e. The number of ether oxygens (including phenoxy) is 3. The first-order valence-electron chi connectivity index (χ1n) is 6.34. The summed E-state index contributed by atoms with van der Waals surface area (Å²) in [6.07, 6.45) is 0. The molecule has 0 aliphatic rings. The lowest BCUT2D eigenvalue weighted by atomic mass is 10.00. The average Bonchev–Trinajstić information content (AvgIpc) is 2.51. The van der Waals surface area contributed by atoms with Crippen molar-refractivity contribution < 1.29 is 24.4 Å². The van der Waals surface area contributed by atoms with Gasteiger partial charge in [0.05, 0.1) is 26.9 Å².